The van der Waals surface area contributed by atoms with Gasteiger partial charge in [0, 0.05) is 6.20 Å². The fraction of sp³-hybridized carbons (Fsp3) is 0.214. The minimum Gasteiger partial charge on any atom is -0.481 e. The molecule has 9 heteroatoms. The van der Waals surface area contributed by atoms with Gasteiger partial charge < -0.3 is 9.47 Å². The number of nitrogens with zero attached hydrogens (tertiary/aromatic N) is 1. The number of alkyl halides is 6. The first-order valence-electron chi connectivity index (χ1n) is 6.08. The van der Waals surface area contributed by atoms with E-state index in [2.05, 4.69) is 9.72 Å². The van der Waals surface area contributed by atoms with Gasteiger partial charge in [0.05, 0.1) is 18.2 Å². The van der Waals surface area contributed by atoms with E-state index in [4.69, 9.17) is 4.74 Å². The lowest BCUT2D eigenvalue weighted by Crippen LogP contribution is -2.17. The van der Waals surface area contributed by atoms with Crippen LogP contribution >= 0.6 is 0 Å². The van der Waals surface area contributed by atoms with Gasteiger partial charge in [-0.3, -0.25) is 0 Å². The van der Waals surface area contributed by atoms with Crippen LogP contribution in [0.5, 0.6) is 11.6 Å². The summed E-state index contributed by atoms with van der Waals surface area (Å²) in [5.41, 5.74) is -1.37. The Hall–Kier alpha value is -2.45. The minimum absolute atomic E-state index is 0.00296. The highest BCUT2D eigenvalue weighted by atomic mass is 19.4. The fourth-order valence-corrected chi connectivity index (χ4v) is 1.94. The Bertz CT molecular complexity index is 679. The molecule has 23 heavy (non-hydrogen) atoms. The van der Waals surface area contributed by atoms with E-state index in [-0.39, 0.29) is 17.0 Å². The van der Waals surface area contributed by atoms with Crippen molar-refractivity contribution in [2.24, 2.45) is 0 Å². The van der Waals surface area contributed by atoms with Gasteiger partial charge in [0.1, 0.15) is 5.75 Å². The van der Waals surface area contributed by atoms with Crippen LogP contribution in [0.2, 0.25) is 0 Å². The third-order valence-electron chi connectivity index (χ3n) is 2.79. The number of halogens is 6. The number of rotatable bonds is 3. The highest BCUT2D eigenvalue weighted by molar-refractivity contribution is 5.73. The van der Waals surface area contributed by atoms with Gasteiger partial charge in [-0.2, -0.15) is 13.2 Å². The largest absolute Gasteiger partial charge is 0.573 e. The zero-order chi connectivity index (χ0) is 17.3. The number of benzene rings is 1. The maximum Gasteiger partial charge on any atom is 0.573 e. The molecular formula is C14H9F6NO2. The van der Waals surface area contributed by atoms with Crippen molar-refractivity contribution < 1.29 is 35.8 Å². The summed E-state index contributed by atoms with van der Waals surface area (Å²) in [6, 6.07) is 4.72. The maximum absolute atomic E-state index is 13.1. The first-order chi connectivity index (χ1) is 10.6. The SMILES string of the molecule is COc1nccc(C(F)(F)F)c1-c1ccc(OC(F)(F)F)cc1. The molecule has 2 aromatic rings. The van der Waals surface area contributed by atoms with E-state index in [1.165, 1.54) is 0 Å². The number of hydrogen-bond donors (Lipinski definition) is 0. The molecular weight excluding hydrogens is 328 g/mol. The molecule has 0 N–H and O–H groups in total. The van der Waals surface area contributed by atoms with Gasteiger partial charge >= 0.3 is 12.5 Å². The van der Waals surface area contributed by atoms with Crippen LogP contribution in [0.1, 0.15) is 5.56 Å². The Kier molecular flexibility index (Phi) is 4.39. The fourth-order valence-electron chi connectivity index (χ4n) is 1.94. The van der Waals surface area contributed by atoms with Crippen molar-refractivity contribution in [3.8, 4) is 22.8 Å². The lowest BCUT2D eigenvalue weighted by Gasteiger charge is -2.16. The molecule has 1 aromatic carbocycles. The topological polar surface area (TPSA) is 31.4 Å². The van der Waals surface area contributed by atoms with Crippen molar-refractivity contribution in [1.82, 2.24) is 4.98 Å². The molecule has 0 aliphatic rings. The average molecular weight is 337 g/mol. The second-order valence-electron chi connectivity index (χ2n) is 4.31. The van der Waals surface area contributed by atoms with Gasteiger partial charge in [-0.15, -0.1) is 13.2 Å². The number of methoxy groups -OCH3 is 1. The van der Waals surface area contributed by atoms with Crippen LogP contribution < -0.4 is 9.47 Å². The minimum atomic E-state index is -4.88. The highest BCUT2D eigenvalue weighted by Gasteiger charge is 2.36. The monoisotopic (exact) mass is 337 g/mol. The van der Waals surface area contributed by atoms with Crippen LogP contribution in [0.15, 0.2) is 36.5 Å². The second-order valence-corrected chi connectivity index (χ2v) is 4.31. The molecule has 1 heterocycles. The van der Waals surface area contributed by atoms with Crippen molar-refractivity contribution in [2.75, 3.05) is 7.11 Å². The zero-order valence-electron chi connectivity index (χ0n) is 11.5. The van der Waals surface area contributed by atoms with E-state index >= 15 is 0 Å². The lowest BCUT2D eigenvalue weighted by atomic mass is 10.0. The zero-order valence-corrected chi connectivity index (χ0v) is 11.5. The quantitative estimate of drug-likeness (QED) is 0.763. The Morgan fingerprint density at radius 1 is 0.913 bits per heavy atom. The standard InChI is InChI=1S/C14H9F6NO2/c1-22-12-11(10(6-7-21-12)13(15,16)17)8-2-4-9(5-3-8)23-14(18,19)20/h2-7H,1H3. The predicted octanol–water partition coefficient (Wildman–Crippen LogP) is 4.67. The molecule has 0 spiro atoms. The van der Waals surface area contributed by atoms with E-state index in [0.717, 1.165) is 43.6 Å². The van der Waals surface area contributed by atoms with Crippen LogP contribution in [0, 0.1) is 0 Å². The summed E-state index contributed by atoms with van der Waals surface area (Å²) >= 11 is 0. The molecule has 0 unspecified atom stereocenters. The Balaban J connectivity index is 2.49. The van der Waals surface area contributed by atoms with Crippen LogP contribution in [0.25, 0.3) is 11.1 Å². The second kappa shape index (κ2) is 5.98. The van der Waals surface area contributed by atoms with Crippen LogP contribution in [-0.2, 0) is 6.18 Å². The summed E-state index contributed by atoms with van der Waals surface area (Å²) < 4.78 is 84.1. The highest BCUT2D eigenvalue weighted by Crippen LogP contribution is 2.41. The van der Waals surface area contributed by atoms with E-state index < -0.39 is 23.9 Å². The molecule has 2 rings (SSSR count). The molecule has 0 saturated carbocycles. The smallest absolute Gasteiger partial charge is 0.481 e. The molecule has 0 bridgehead atoms. The molecule has 0 amide bonds. The number of aromatic nitrogens is 1. The Labute approximate surface area is 126 Å². The Morgan fingerprint density at radius 2 is 1.52 bits per heavy atom. The van der Waals surface area contributed by atoms with Gasteiger partial charge in [-0.1, -0.05) is 12.1 Å². The molecule has 0 aliphatic carbocycles. The van der Waals surface area contributed by atoms with Gasteiger partial charge in [0.25, 0.3) is 0 Å². The molecule has 0 atom stereocenters. The van der Waals surface area contributed by atoms with Crippen LogP contribution in [-0.4, -0.2) is 18.5 Å². The van der Waals surface area contributed by atoms with Crippen molar-refractivity contribution in [3.05, 3.63) is 42.1 Å². The van der Waals surface area contributed by atoms with E-state index in [9.17, 15) is 26.3 Å². The number of hydrogen-bond acceptors (Lipinski definition) is 3. The summed E-state index contributed by atoms with van der Waals surface area (Å²) in [7, 11) is 1.15. The third-order valence-corrected chi connectivity index (χ3v) is 2.79. The summed E-state index contributed by atoms with van der Waals surface area (Å²) in [6.07, 6.45) is -8.62. The van der Waals surface area contributed by atoms with Crippen molar-refractivity contribution in [3.63, 3.8) is 0 Å². The summed E-state index contributed by atoms with van der Waals surface area (Å²) in [5.74, 6) is -0.831. The molecule has 3 nitrogen and oxygen atoms in total. The Morgan fingerprint density at radius 3 is 2.00 bits per heavy atom. The van der Waals surface area contributed by atoms with Gasteiger partial charge in [0.15, 0.2) is 0 Å². The third kappa shape index (κ3) is 4.05. The van der Waals surface area contributed by atoms with Crippen molar-refractivity contribution >= 4 is 0 Å². The van der Waals surface area contributed by atoms with Gasteiger partial charge in [-0.05, 0) is 23.8 Å². The maximum atomic E-state index is 13.1. The van der Waals surface area contributed by atoms with Gasteiger partial charge in [0.2, 0.25) is 5.88 Å². The van der Waals surface area contributed by atoms with Crippen LogP contribution in [0.3, 0.4) is 0 Å². The number of pyridine rings is 1. The van der Waals surface area contributed by atoms with Crippen LogP contribution in [0.4, 0.5) is 26.3 Å². The van der Waals surface area contributed by atoms with E-state index in [1.54, 1.807) is 0 Å². The normalized spacial score (nSPS) is 12.1. The summed E-state index contributed by atoms with van der Waals surface area (Å²) in [5, 5.41) is 0. The predicted molar refractivity (Wildman–Crippen MR) is 67.9 cm³/mol. The van der Waals surface area contributed by atoms with E-state index in [0.29, 0.717) is 0 Å². The molecule has 124 valence electrons. The summed E-state index contributed by atoms with van der Waals surface area (Å²) in [6.45, 7) is 0. The van der Waals surface area contributed by atoms with Crippen molar-refractivity contribution in [1.29, 1.82) is 0 Å². The number of ether oxygens (including phenoxy) is 2. The molecule has 0 saturated heterocycles. The van der Waals surface area contributed by atoms with Gasteiger partial charge in [-0.25, -0.2) is 4.98 Å². The first-order valence-corrected chi connectivity index (χ1v) is 6.08. The molecule has 1 aromatic heterocycles. The molecule has 0 radical (unpaired) electrons. The average Bonchev–Trinajstić information content (AvgIpc) is 2.44. The summed E-state index contributed by atoms with van der Waals surface area (Å²) in [4.78, 5) is 3.70. The van der Waals surface area contributed by atoms with Crippen molar-refractivity contribution in [2.45, 2.75) is 12.5 Å². The molecule has 0 aliphatic heterocycles. The molecule has 0 fully saturated rings. The first kappa shape index (κ1) is 16.9. The lowest BCUT2D eigenvalue weighted by molar-refractivity contribution is -0.274. The van der Waals surface area contributed by atoms with E-state index in [1.807, 2.05) is 0 Å².